The van der Waals surface area contributed by atoms with Gasteiger partial charge in [-0.3, -0.25) is 0 Å². The highest BCUT2D eigenvalue weighted by atomic mass is 16.5. The number of benzene rings is 3. The molecule has 0 aliphatic rings. The second-order valence-corrected chi connectivity index (χ2v) is 4.86. The predicted octanol–water partition coefficient (Wildman–Crippen LogP) is 3.80. The Bertz CT molecular complexity index is 868. The first-order chi connectivity index (χ1) is 10.7. The van der Waals surface area contributed by atoms with Gasteiger partial charge in [-0.2, -0.15) is 0 Å². The van der Waals surface area contributed by atoms with Crippen LogP contribution in [0.3, 0.4) is 0 Å². The Kier molecular flexibility index (Phi) is 3.59. The fraction of sp³-hybridized carbons (Fsp3) is 0.167. The van der Waals surface area contributed by atoms with Crippen LogP contribution in [0.2, 0.25) is 0 Å². The number of rotatable bonds is 3. The Morgan fingerprint density at radius 3 is 2.36 bits per heavy atom. The molecule has 3 aromatic rings. The lowest BCUT2D eigenvalue weighted by Crippen LogP contribution is -2.04. The van der Waals surface area contributed by atoms with Crippen molar-refractivity contribution in [1.29, 1.82) is 0 Å². The second-order valence-electron chi connectivity index (χ2n) is 4.86. The molecule has 0 saturated heterocycles. The summed E-state index contributed by atoms with van der Waals surface area (Å²) in [5.74, 6) is 0.718. The Hall–Kier alpha value is -2.75. The van der Waals surface area contributed by atoms with Gasteiger partial charge in [0.25, 0.3) is 0 Å². The highest BCUT2D eigenvalue weighted by Crippen LogP contribution is 2.41. The summed E-state index contributed by atoms with van der Waals surface area (Å²) in [4.78, 5) is 12.1. The van der Waals surface area contributed by atoms with Gasteiger partial charge < -0.3 is 14.2 Å². The van der Waals surface area contributed by atoms with E-state index < -0.39 is 5.97 Å². The highest BCUT2D eigenvalue weighted by molar-refractivity contribution is 6.17. The van der Waals surface area contributed by atoms with Crippen molar-refractivity contribution in [1.82, 2.24) is 0 Å². The van der Waals surface area contributed by atoms with Crippen molar-refractivity contribution in [2.75, 3.05) is 21.3 Å². The van der Waals surface area contributed by atoms with Gasteiger partial charge in [0.15, 0.2) is 11.5 Å². The van der Waals surface area contributed by atoms with Crippen LogP contribution in [0.15, 0.2) is 42.5 Å². The lowest BCUT2D eigenvalue weighted by atomic mass is 9.97. The minimum Gasteiger partial charge on any atom is -0.493 e. The average Bonchev–Trinajstić information content (AvgIpc) is 2.59. The van der Waals surface area contributed by atoms with Crippen LogP contribution in [0.1, 0.15) is 10.4 Å². The first kappa shape index (κ1) is 14.2. The number of carbonyl (C=O) groups excluding carboxylic acids is 1. The van der Waals surface area contributed by atoms with Crippen LogP contribution in [0.4, 0.5) is 0 Å². The molecule has 0 heterocycles. The molecular weight excluding hydrogens is 280 g/mol. The summed E-state index contributed by atoms with van der Waals surface area (Å²) in [6.45, 7) is 0. The molecule has 0 fully saturated rings. The largest absolute Gasteiger partial charge is 0.493 e. The third-order valence-electron chi connectivity index (χ3n) is 3.77. The summed E-state index contributed by atoms with van der Waals surface area (Å²) >= 11 is 0. The quantitative estimate of drug-likeness (QED) is 0.545. The molecule has 22 heavy (non-hydrogen) atoms. The molecule has 0 N–H and O–H groups in total. The molecule has 0 unspecified atom stereocenters. The first-order valence-corrected chi connectivity index (χ1v) is 6.86. The van der Waals surface area contributed by atoms with Crippen LogP contribution >= 0.6 is 0 Å². The van der Waals surface area contributed by atoms with Crippen molar-refractivity contribution < 1.29 is 19.0 Å². The van der Waals surface area contributed by atoms with Crippen molar-refractivity contribution in [3.63, 3.8) is 0 Å². The number of hydrogen-bond donors (Lipinski definition) is 0. The van der Waals surface area contributed by atoms with E-state index in [1.165, 1.54) is 7.11 Å². The summed E-state index contributed by atoms with van der Waals surface area (Å²) < 4.78 is 15.8. The van der Waals surface area contributed by atoms with Gasteiger partial charge in [0.2, 0.25) is 0 Å². The summed E-state index contributed by atoms with van der Waals surface area (Å²) in [6.07, 6.45) is 0. The fourth-order valence-electron chi connectivity index (χ4n) is 2.77. The number of fused-ring (bicyclic) bond motifs is 3. The molecule has 4 nitrogen and oxygen atoms in total. The molecule has 0 amide bonds. The lowest BCUT2D eigenvalue weighted by Gasteiger charge is -2.15. The molecule has 0 aliphatic carbocycles. The van der Waals surface area contributed by atoms with Gasteiger partial charge in [-0.1, -0.05) is 36.4 Å². The molecule has 112 valence electrons. The highest BCUT2D eigenvalue weighted by Gasteiger charge is 2.20. The minimum atomic E-state index is -0.402. The second kappa shape index (κ2) is 5.56. The smallest absolute Gasteiger partial charge is 0.338 e. The zero-order valence-corrected chi connectivity index (χ0v) is 12.7. The van der Waals surface area contributed by atoms with Crippen LogP contribution in [0, 0.1) is 0 Å². The first-order valence-electron chi connectivity index (χ1n) is 6.86. The van der Waals surface area contributed by atoms with Crippen LogP contribution in [0.5, 0.6) is 11.5 Å². The van der Waals surface area contributed by atoms with Gasteiger partial charge in [-0.25, -0.2) is 4.79 Å². The molecule has 3 rings (SSSR count). The van der Waals surface area contributed by atoms with Gasteiger partial charge in [-0.15, -0.1) is 0 Å². The van der Waals surface area contributed by atoms with Crippen LogP contribution in [0.25, 0.3) is 21.5 Å². The SMILES string of the molecule is COC(=O)c1cc(OC)c(OC)c2c1ccc1ccccc12. The maximum Gasteiger partial charge on any atom is 0.338 e. The van der Waals surface area contributed by atoms with Crippen molar-refractivity contribution in [2.45, 2.75) is 0 Å². The zero-order valence-electron chi connectivity index (χ0n) is 12.7. The van der Waals surface area contributed by atoms with E-state index >= 15 is 0 Å². The van der Waals surface area contributed by atoms with E-state index in [1.54, 1.807) is 20.3 Å². The molecule has 0 radical (unpaired) electrons. The third kappa shape index (κ3) is 2.04. The monoisotopic (exact) mass is 296 g/mol. The van der Waals surface area contributed by atoms with E-state index in [0.29, 0.717) is 17.1 Å². The van der Waals surface area contributed by atoms with Gasteiger partial charge >= 0.3 is 5.97 Å². The van der Waals surface area contributed by atoms with E-state index in [4.69, 9.17) is 14.2 Å². The van der Waals surface area contributed by atoms with E-state index in [9.17, 15) is 4.79 Å². The van der Waals surface area contributed by atoms with E-state index in [2.05, 4.69) is 0 Å². The van der Waals surface area contributed by atoms with Crippen molar-refractivity contribution in [2.24, 2.45) is 0 Å². The Morgan fingerprint density at radius 2 is 1.68 bits per heavy atom. The van der Waals surface area contributed by atoms with Gasteiger partial charge in [0.05, 0.1) is 26.9 Å². The van der Waals surface area contributed by atoms with Crippen molar-refractivity contribution in [3.8, 4) is 11.5 Å². The van der Waals surface area contributed by atoms with E-state index in [0.717, 1.165) is 21.5 Å². The summed E-state index contributed by atoms with van der Waals surface area (Å²) in [7, 11) is 4.51. The van der Waals surface area contributed by atoms with Gasteiger partial charge in [0, 0.05) is 10.8 Å². The fourth-order valence-corrected chi connectivity index (χ4v) is 2.77. The molecule has 0 aromatic heterocycles. The molecule has 4 heteroatoms. The predicted molar refractivity (Wildman–Crippen MR) is 85.9 cm³/mol. The maximum absolute atomic E-state index is 12.1. The van der Waals surface area contributed by atoms with Gasteiger partial charge in [-0.05, 0) is 16.8 Å². The van der Waals surface area contributed by atoms with Crippen LogP contribution < -0.4 is 9.47 Å². The molecule has 0 aliphatic heterocycles. The molecule has 0 spiro atoms. The Balaban J connectivity index is 2.55. The Labute approximate surface area is 128 Å². The standard InChI is InChI=1S/C18H16O4/c1-20-15-10-14(18(19)22-3)13-9-8-11-6-4-5-7-12(11)16(13)17(15)21-2/h4-10H,1-3H3. The third-order valence-corrected chi connectivity index (χ3v) is 3.77. The summed E-state index contributed by atoms with van der Waals surface area (Å²) in [6, 6.07) is 13.5. The average molecular weight is 296 g/mol. The topological polar surface area (TPSA) is 44.8 Å². The summed E-state index contributed by atoms with van der Waals surface area (Å²) in [5, 5.41) is 3.70. The normalized spacial score (nSPS) is 10.7. The van der Waals surface area contributed by atoms with Crippen molar-refractivity contribution >= 4 is 27.5 Å². The minimum absolute atomic E-state index is 0.402. The van der Waals surface area contributed by atoms with Crippen molar-refractivity contribution in [3.05, 3.63) is 48.0 Å². The number of ether oxygens (including phenoxy) is 3. The lowest BCUT2D eigenvalue weighted by molar-refractivity contribution is 0.0602. The van der Waals surface area contributed by atoms with Crippen LogP contribution in [-0.4, -0.2) is 27.3 Å². The van der Waals surface area contributed by atoms with Gasteiger partial charge in [0.1, 0.15) is 0 Å². The summed E-state index contributed by atoms with van der Waals surface area (Å²) in [5.41, 5.74) is 0.459. The molecular formula is C18H16O4. The van der Waals surface area contributed by atoms with E-state index in [-0.39, 0.29) is 0 Å². The van der Waals surface area contributed by atoms with Crippen LogP contribution in [-0.2, 0) is 4.74 Å². The molecule has 0 atom stereocenters. The number of esters is 1. The zero-order chi connectivity index (χ0) is 15.7. The molecule has 0 bridgehead atoms. The molecule has 0 saturated carbocycles. The number of carbonyl (C=O) groups is 1. The Morgan fingerprint density at radius 1 is 0.909 bits per heavy atom. The maximum atomic E-state index is 12.1. The molecule has 3 aromatic carbocycles. The number of methoxy groups -OCH3 is 3. The number of hydrogen-bond acceptors (Lipinski definition) is 4. The van der Waals surface area contributed by atoms with E-state index in [1.807, 2.05) is 36.4 Å².